The van der Waals surface area contributed by atoms with E-state index in [1.165, 1.54) is 26.2 Å². The molecule has 10 heteroatoms. The number of hydrogen-bond acceptors (Lipinski definition) is 7. The van der Waals surface area contributed by atoms with Crippen molar-refractivity contribution in [2.24, 2.45) is 11.6 Å². The summed E-state index contributed by atoms with van der Waals surface area (Å²) in [5.41, 5.74) is 6.33. The second kappa shape index (κ2) is 6.20. The molecule has 122 valence electrons. The van der Waals surface area contributed by atoms with Crippen molar-refractivity contribution in [2.75, 3.05) is 24.7 Å². The minimum Gasteiger partial charge on any atom is -0.476 e. The first-order valence-electron chi connectivity index (χ1n) is 6.10. The third-order valence-corrected chi connectivity index (χ3v) is 4.17. The zero-order chi connectivity index (χ0) is 17.2. The van der Waals surface area contributed by atoms with E-state index in [4.69, 9.17) is 16.7 Å². The van der Waals surface area contributed by atoms with Crippen LogP contribution in [0, 0.1) is 6.92 Å². The fraction of sp³-hybridized carbons (Fsp3) is 0.333. The number of pyridine rings is 1. The zero-order valence-electron chi connectivity index (χ0n) is 12.7. The smallest absolute Gasteiger partial charge is 0.355 e. The van der Waals surface area contributed by atoms with Crippen molar-refractivity contribution in [3.05, 3.63) is 29.2 Å². The van der Waals surface area contributed by atoms with E-state index >= 15 is 0 Å². The number of anilines is 1. The quantitative estimate of drug-likeness (QED) is 0.366. The Morgan fingerprint density at radius 1 is 1.32 bits per heavy atom. The Labute approximate surface area is 128 Å². The molecule has 0 bridgehead atoms. The van der Waals surface area contributed by atoms with Crippen LogP contribution in [0.3, 0.4) is 0 Å². The van der Waals surface area contributed by atoms with Gasteiger partial charge in [-0.2, -0.15) is 0 Å². The number of sulfonamides is 1. The largest absolute Gasteiger partial charge is 0.476 e. The van der Waals surface area contributed by atoms with Gasteiger partial charge in [-0.25, -0.2) is 24.0 Å². The highest BCUT2D eigenvalue weighted by Gasteiger charge is 2.20. The molecule has 1 aromatic rings. The van der Waals surface area contributed by atoms with Gasteiger partial charge in [0.15, 0.2) is 5.70 Å². The lowest BCUT2D eigenvalue weighted by atomic mass is 10.2. The second-order valence-electron chi connectivity index (χ2n) is 4.71. The molecule has 0 aliphatic carbocycles. The molecule has 0 radical (unpaired) electrons. The molecule has 0 fully saturated rings. The minimum absolute atomic E-state index is 0.117. The number of hydrazine groups is 1. The van der Waals surface area contributed by atoms with Crippen LogP contribution in [-0.4, -0.2) is 49.8 Å². The highest BCUT2D eigenvalue weighted by Crippen LogP contribution is 2.22. The van der Waals surface area contributed by atoms with Gasteiger partial charge in [-0.3, -0.25) is 4.31 Å². The molecule has 0 aromatic carbocycles. The summed E-state index contributed by atoms with van der Waals surface area (Å²) >= 11 is 0. The van der Waals surface area contributed by atoms with Crippen LogP contribution in [0.25, 0.3) is 5.70 Å². The predicted octanol–water partition coefficient (Wildman–Crippen LogP) is -0.697. The standard InChI is InChI=1S/C12H19N5O4S/c1-7-9(17(3)22(4,20)21)6-5-8(15-7)10(13)11(12(18)19)16(2)14/h5-6H,13-14H2,1-4H3,(H,18,19)/b11-10-. The number of carbonyl (C=O) groups is 1. The van der Waals surface area contributed by atoms with Crippen molar-refractivity contribution in [1.29, 1.82) is 0 Å². The average Bonchev–Trinajstić information content (AvgIpc) is 2.35. The molecule has 0 spiro atoms. The summed E-state index contributed by atoms with van der Waals surface area (Å²) in [5.74, 6) is 4.16. The summed E-state index contributed by atoms with van der Waals surface area (Å²) in [7, 11) is -0.687. The van der Waals surface area contributed by atoms with Crippen LogP contribution in [-0.2, 0) is 14.8 Å². The molecule has 1 aromatic heterocycles. The van der Waals surface area contributed by atoms with Crippen LogP contribution in [0.15, 0.2) is 17.8 Å². The maximum Gasteiger partial charge on any atom is 0.355 e. The summed E-state index contributed by atoms with van der Waals surface area (Å²) < 4.78 is 24.2. The molecule has 22 heavy (non-hydrogen) atoms. The number of likely N-dealkylation sites (N-methyl/N-ethyl adjacent to an activating group) is 1. The fourth-order valence-electron chi connectivity index (χ4n) is 1.79. The van der Waals surface area contributed by atoms with E-state index in [1.807, 2.05) is 0 Å². The van der Waals surface area contributed by atoms with E-state index in [0.29, 0.717) is 11.4 Å². The third kappa shape index (κ3) is 3.65. The fourth-order valence-corrected chi connectivity index (χ4v) is 2.34. The average molecular weight is 329 g/mol. The molecule has 0 aliphatic heterocycles. The Hall–Kier alpha value is -2.33. The SMILES string of the molecule is Cc1nc(/C(N)=C(\C(=O)O)N(C)N)ccc1N(C)S(C)(=O)=O. The molecule has 0 atom stereocenters. The lowest BCUT2D eigenvalue weighted by Gasteiger charge is -2.20. The Kier molecular flexibility index (Phi) is 4.99. The van der Waals surface area contributed by atoms with E-state index in [2.05, 4.69) is 4.98 Å². The molecule has 0 aliphatic rings. The number of rotatable bonds is 5. The molecule has 0 unspecified atom stereocenters. The number of nitrogens with two attached hydrogens (primary N) is 2. The van der Waals surface area contributed by atoms with Gasteiger partial charge in [-0.05, 0) is 19.1 Å². The lowest BCUT2D eigenvalue weighted by molar-refractivity contribution is -0.134. The number of hydrogen-bond donors (Lipinski definition) is 3. The maximum atomic E-state index is 11.6. The minimum atomic E-state index is -3.43. The maximum absolute atomic E-state index is 11.6. The van der Waals surface area contributed by atoms with Gasteiger partial charge in [0.1, 0.15) is 0 Å². The van der Waals surface area contributed by atoms with Gasteiger partial charge < -0.3 is 15.8 Å². The van der Waals surface area contributed by atoms with Crippen molar-refractivity contribution < 1.29 is 18.3 Å². The number of carboxylic acid groups (broad SMARTS) is 1. The van der Waals surface area contributed by atoms with Crippen molar-refractivity contribution in [1.82, 2.24) is 9.99 Å². The van der Waals surface area contributed by atoms with Crippen molar-refractivity contribution in [3.8, 4) is 0 Å². The van der Waals surface area contributed by atoms with Gasteiger partial charge in [0.25, 0.3) is 0 Å². The van der Waals surface area contributed by atoms with Gasteiger partial charge in [0, 0.05) is 14.1 Å². The molecule has 0 amide bonds. The van der Waals surface area contributed by atoms with Gasteiger partial charge in [-0.1, -0.05) is 0 Å². The zero-order valence-corrected chi connectivity index (χ0v) is 13.5. The normalized spacial score (nSPS) is 12.6. The van der Waals surface area contributed by atoms with Gasteiger partial charge in [0.05, 0.1) is 29.0 Å². The van der Waals surface area contributed by atoms with Crippen LogP contribution in [0.2, 0.25) is 0 Å². The lowest BCUT2D eigenvalue weighted by Crippen LogP contribution is -2.32. The Bertz CT molecular complexity index is 727. The topological polar surface area (TPSA) is 143 Å². The molecule has 5 N–H and O–H groups in total. The van der Waals surface area contributed by atoms with E-state index in [0.717, 1.165) is 15.6 Å². The number of aromatic nitrogens is 1. The molecule has 0 saturated carbocycles. The Morgan fingerprint density at radius 2 is 1.86 bits per heavy atom. The molecule has 1 rings (SSSR count). The molecular formula is C12H19N5O4S. The summed E-state index contributed by atoms with van der Waals surface area (Å²) in [6.07, 6.45) is 1.07. The number of nitrogens with zero attached hydrogens (tertiary/aromatic N) is 3. The first-order chi connectivity index (χ1) is 9.96. The van der Waals surface area contributed by atoms with Crippen molar-refractivity contribution >= 4 is 27.4 Å². The van der Waals surface area contributed by atoms with E-state index in [9.17, 15) is 13.2 Å². The summed E-state index contributed by atoms with van der Waals surface area (Å²) in [5, 5.41) is 10.00. The van der Waals surface area contributed by atoms with Gasteiger partial charge >= 0.3 is 5.97 Å². The van der Waals surface area contributed by atoms with Crippen LogP contribution in [0.4, 0.5) is 5.69 Å². The second-order valence-corrected chi connectivity index (χ2v) is 6.72. The highest BCUT2D eigenvalue weighted by molar-refractivity contribution is 7.92. The van der Waals surface area contributed by atoms with Crippen LogP contribution in [0.5, 0.6) is 0 Å². The van der Waals surface area contributed by atoms with E-state index in [1.54, 1.807) is 6.92 Å². The molecule has 1 heterocycles. The van der Waals surface area contributed by atoms with Crippen LogP contribution >= 0.6 is 0 Å². The molecule has 9 nitrogen and oxygen atoms in total. The molecule has 0 saturated heterocycles. The number of aryl methyl sites for hydroxylation is 1. The first kappa shape index (κ1) is 17.7. The Morgan fingerprint density at radius 3 is 2.23 bits per heavy atom. The number of carboxylic acids is 1. The van der Waals surface area contributed by atoms with Crippen LogP contribution < -0.4 is 15.9 Å². The predicted molar refractivity (Wildman–Crippen MR) is 82.9 cm³/mol. The summed E-state index contributed by atoms with van der Waals surface area (Å²) in [6.45, 7) is 1.60. The van der Waals surface area contributed by atoms with Gasteiger partial charge in [0.2, 0.25) is 10.0 Å². The van der Waals surface area contributed by atoms with E-state index < -0.39 is 16.0 Å². The van der Waals surface area contributed by atoms with Gasteiger partial charge in [-0.15, -0.1) is 0 Å². The first-order valence-corrected chi connectivity index (χ1v) is 7.95. The van der Waals surface area contributed by atoms with Crippen molar-refractivity contribution in [2.45, 2.75) is 6.92 Å². The number of aliphatic carboxylic acids is 1. The van der Waals surface area contributed by atoms with Crippen LogP contribution in [0.1, 0.15) is 11.4 Å². The molecular weight excluding hydrogens is 310 g/mol. The highest BCUT2D eigenvalue weighted by atomic mass is 32.2. The summed E-state index contributed by atoms with van der Waals surface area (Å²) in [4.78, 5) is 15.3. The van der Waals surface area contributed by atoms with E-state index in [-0.39, 0.29) is 17.1 Å². The monoisotopic (exact) mass is 329 g/mol. The Balaban J connectivity index is 3.41. The summed E-state index contributed by atoms with van der Waals surface area (Å²) in [6, 6.07) is 2.94. The third-order valence-electron chi connectivity index (χ3n) is 2.98. The van der Waals surface area contributed by atoms with Crippen molar-refractivity contribution in [3.63, 3.8) is 0 Å².